The Bertz CT molecular complexity index is 258. The van der Waals surface area contributed by atoms with Crippen LogP contribution in [-0.2, 0) is 14.3 Å². The monoisotopic (exact) mass is 201 g/mol. The van der Waals surface area contributed by atoms with Crippen molar-refractivity contribution >= 4 is 11.9 Å². The van der Waals surface area contributed by atoms with Crippen LogP contribution >= 0.6 is 0 Å². The highest BCUT2D eigenvalue weighted by atomic mass is 16.5. The average molecular weight is 201 g/mol. The average Bonchev–Trinajstić information content (AvgIpc) is 2.15. The van der Waals surface area contributed by atoms with Crippen LogP contribution in [0.25, 0.3) is 0 Å². The van der Waals surface area contributed by atoms with E-state index < -0.39 is 5.97 Å². The molecule has 5 nitrogen and oxygen atoms in total. The number of hydrogen-bond donors (Lipinski definition) is 2. The molecule has 0 heterocycles. The van der Waals surface area contributed by atoms with Gasteiger partial charge >= 0.3 is 5.97 Å². The van der Waals surface area contributed by atoms with Crippen LogP contribution in [0.4, 0.5) is 0 Å². The van der Waals surface area contributed by atoms with Crippen molar-refractivity contribution < 1.29 is 19.4 Å². The van der Waals surface area contributed by atoms with Gasteiger partial charge in [0.15, 0.2) is 0 Å². The number of carbonyl (C=O) groups excluding carboxylic acids is 1. The van der Waals surface area contributed by atoms with Gasteiger partial charge in [-0.05, 0) is 13.8 Å². The fraction of sp³-hybridized carbons (Fsp3) is 0.556. The molecule has 0 bridgehead atoms. The number of amides is 1. The molecule has 1 amide bonds. The van der Waals surface area contributed by atoms with Gasteiger partial charge in [0.2, 0.25) is 5.91 Å². The summed E-state index contributed by atoms with van der Waals surface area (Å²) in [5.41, 5.74) is 0.272. The zero-order chi connectivity index (χ0) is 11.1. The van der Waals surface area contributed by atoms with Crippen LogP contribution in [-0.4, -0.2) is 37.2 Å². The maximum atomic E-state index is 11.3. The van der Waals surface area contributed by atoms with Crippen LogP contribution in [0.3, 0.4) is 0 Å². The normalized spacial score (nSPS) is 11.9. The minimum Gasteiger partial charge on any atom is -0.478 e. The van der Waals surface area contributed by atoms with E-state index in [2.05, 4.69) is 5.32 Å². The van der Waals surface area contributed by atoms with E-state index in [0.717, 1.165) is 0 Å². The van der Waals surface area contributed by atoms with Gasteiger partial charge in [-0.2, -0.15) is 0 Å². The summed E-state index contributed by atoms with van der Waals surface area (Å²) in [4.78, 5) is 21.8. The highest BCUT2D eigenvalue weighted by Gasteiger charge is 2.11. The zero-order valence-corrected chi connectivity index (χ0v) is 8.59. The molecule has 5 heteroatoms. The van der Waals surface area contributed by atoms with Crippen LogP contribution in [0.15, 0.2) is 11.1 Å². The Labute approximate surface area is 82.7 Å². The number of carboxylic acids is 1. The lowest BCUT2D eigenvalue weighted by Crippen LogP contribution is -2.28. The first-order valence-corrected chi connectivity index (χ1v) is 4.18. The fourth-order valence-corrected chi connectivity index (χ4v) is 0.730. The minimum atomic E-state index is -1.08. The first kappa shape index (κ1) is 12.6. The van der Waals surface area contributed by atoms with E-state index in [1.165, 1.54) is 21.0 Å². The number of rotatable bonds is 5. The number of ether oxygens (including phenoxy) is 1. The second-order valence-electron chi connectivity index (χ2n) is 2.80. The Morgan fingerprint density at radius 3 is 2.29 bits per heavy atom. The van der Waals surface area contributed by atoms with Crippen molar-refractivity contribution in [2.24, 2.45) is 0 Å². The van der Waals surface area contributed by atoms with E-state index >= 15 is 0 Å². The van der Waals surface area contributed by atoms with Gasteiger partial charge in [0, 0.05) is 24.8 Å². The Kier molecular flexibility index (Phi) is 5.55. The summed E-state index contributed by atoms with van der Waals surface area (Å²) < 4.78 is 4.73. The molecule has 0 radical (unpaired) electrons. The third-order valence-corrected chi connectivity index (χ3v) is 1.82. The van der Waals surface area contributed by atoms with Crippen LogP contribution in [0.1, 0.15) is 13.8 Å². The summed E-state index contributed by atoms with van der Waals surface area (Å²) in [7, 11) is 1.53. The first-order valence-electron chi connectivity index (χ1n) is 4.18. The third-order valence-electron chi connectivity index (χ3n) is 1.82. The maximum Gasteiger partial charge on any atom is 0.331 e. The van der Waals surface area contributed by atoms with E-state index in [4.69, 9.17) is 9.84 Å². The van der Waals surface area contributed by atoms with Gasteiger partial charge in [-0.25, -0.2) is 4.79 Å². The number of methoxy groups -OCH3 is 1. The molecule has 0 saturated heterocycles. The molecule has 0 fully saturated rings. The SMILES string of the molecule is COCCNC(=O)C(C)=C(C)C(=O)O. The number of hydrogen-bond acceptors (Lipinski definition) is 3. The predicted octanol–water partition coefficient (Wildman–Crippen LogP) is 0.170. The maximum absolute atomic E-state index is 11.3. The summed E-state index contributed by atoms with van der Waals surface area (Å²) in [5.74, 6) is -1.45. The number of aliphatic carboxylic acids is 1. The van der Waals surface area contributed by atoms with Gasteiger partial charge < -0.3 is 15.2 Å². The van der Waals surface area contributed by atoms with Gasteiger partial charge in [0.25, 0.3) is 0 Å². The quantitative estimate of drug-likeness (QED) is 0.491. The van der Waals surface area contributed by atoms with Gasteiger partial charge in [0.1, 0.15) is 0 Å². The molecule has 0 aromatic rings. The highest BCUT2D eigenvalue weighted by molar-refractivity contribution is 6.01. The summed E-state index contributed by atoms with van der Waals surface area (Å²) in [6.45, 7) is 3.66. The molecule has 0 spiro atoms. The highest BCUT2D eigenvalue weighted by Crippen LogP contribution is 2.02. The molecule has 14 heavy (non-hydrogen) atoms. The summed E-state index contributed by atoms with van der Waals surface area (Å²) >= 11 is 0. The van der Waals surface area contributed by atoms with Crippen molar-refractivity contribution in [1.29, 1.82) is 0 Å². The van der Waals surface area contributed by atoms with Crippen molar-refractivity contribution in [1.82, 2.24) is 5.32 Å². The van der Waals surface area contributed by atoms with Crippen LogP contribution in [0, 0.1) is 0 Å². The standard InChI is InChI=1S/C9H15NO4/c1-6(7(2)9(12)13)8(11)10-4-5-14-3/h4-5H2,1-3H3,(H,10,11)(H,12,13). The topological polar surface area (TPSA) is 75.6 Å². The minimum absolute atomic E-state index is 0.0555. The van der Waals surface area contributed by atoms with E-state index in [-0.39, 0.29) is 17.1 Å². The lowest BCUT2D eigenvalue weighted by Gasteiger charge is -2.05. The summed E-state index contributed by atoms with van der Waals surface area (Å²) in [6, 6.07) is 0. The molecule has 0 unspecified atom stereocenters. The molecule has 0 aliphatic rings. The zero-order valence-electron chi connectivity index (χ0n) is 8.59. The lowest BCUT2D eigenvalue weighted by atomic mass is 10.1. The predicted molar refractivity (Wildman–Crippen MR) is 50.9 cm³/mol. The second kappa shape index (κ2) is 6.15. The van der Waals surface area contributed by atoms with Gasteiger partial charge in [-0.15, -0.1) is 0 Å². The second-order valence-corrected chi connectivity index (χ2v) is 2.80. The van der Waals surface area contributed by atoms with Crippen molar-refractivity contribution in [3.8, 4) is 0 Å². The van der Waals surface area contributed by atoms with Gasteiger partial charge in [-0.3, -0.25) is 4.79 Å². The van der Waals surface area contributed by atoms with Crippen molar-refractivity contribution in [2.75, 3.05) is 20.3 Å². The molecular weight excluding hydrogens is 186 g/mol. The van der Waals surface area contributed by atoms with E-state index in [0.29, 0.717) is 13.2 Å². The summed E-state index contributed by atoms with van der Waals surface area (Å²) in [5, 5.41) is 11.1. The molecule has 0 rings (SSSR count). The number of carbonyl (C=O) groups is 2. The Balaban J connectivity index is 4.25. The van der Waals surface area contributed by atoms with Crippen LogP contribution in [0.5, 0.6) is 0 Å². The van der Waals surface area contributed by atoms with Gasteiger partial charge in [0.05, 0.1) is 6.61 Å². The Morgan fingerprint density at radius 2 is 1.86 bits per heavy atom. The molecule has 0 aromatic heterocycles. The number of carboxylic acid groups (broad SMARTS) is 1. The lowest BCUT2D eigenvalue weighted by molar-refractivity contribution is -0.133. The Morgan fingerprint density at radius 1 is 1.29 bits per heavy atom. The van der Waals surface area contributed by atoms with Crippen LogP contribution < -0.4 is 5.32 Å². The first-order chi connectivity index (χ1) is 6.50. The molecule has 2 N–H and O–H groups in total. The number of nitrogens with one attached hydrogen (secondary N) is 1. The molecule has 0 aliphatic heterocycles. The largest absolute Gasteiger partial charge is 0.478 e. The van der Waals surface area contributed by atoms with Gasteiger partial charge in [-0.1, -0.05) is 0 Å². The Hall–Kier alpha value is -1.36. The molecule has 0 aromatic carbocycles. The third kappa shape index (κ3) is 4.04. The smallest absolute Gasteiger partial charge is 0.331 e. The molecule has 0 saturated carbocycles. The van der Waals surface area contributed by atoms with E-state index in [1.807, 2.05) is 0 Å². The molecule has 0 aliphatic carbocycles. The van der Waals surface area contributed by atoms with Crippen molar-refractivity contribution in [2.45, 2.75) is 13.8 Å². The molecular formula is C9H15NO4. The van der Waals surface area contributed by atoms with Crippen molar-refractivity contribution in [3.63, 3.8) is 0 Å². The molecule has 80 valence electrons. The van der Waals surface area contributed by atoms with Crippen molar-refractivity contribution in [3.05, 3.63) is 11.1 Å². The van der Waals surface area contributed by atoms with E-state index in [9.17, 15) is 9.59 Å². The summed E-state index contributed by atoms with van der Waals surface area (Å²) in [6.07, 6.45) is 0. The van der Waals surface area contributed by atoms with E-state index in [1.54, 1.807) is 0 Å². The fourth-order valence-electron chi connectivity index (χ4n) is 0.730. The molecule has 0 atom stereocenters. The van der Waals surface area contributed by atoms with Crippen LogP contribution in [0.2, 0.25) is 0 Å².